The van der Waals surface area contributed by atoms with Crippen LogP contribution < -0.4 is 10.6 Å². The van der Waals surface area contributed by atoms with Gasteiger partial charge in [-0.3, -0.25) is 9.59 Å². The van der Waals surface area contributed by atoms with E-state index in [1.807, 2.05) is 60.7 Å². The lowest BCUT2D eigenvalue weighted by Gasteiger charge is -2.18. The number of hydrogen-bond donors (Lipinski definition) is 2. The number of benzene rings is 3. The maximum atomic E-state index is 13.6. The predicted molar refractivity (Wildman–Crippen MR) is 111 cm³/mol. The van der Waals surface area contributed by atoms with Crippen LogP contribution in [0.2, 0.25) is 0 Å². The van der Waals surface area contributed by atoms with E-state index in [-0.39, 0.29) is 24.2 Å². The Morgan fingerprint density at radius 2 is 1.31 bits per heavy atom. The summed E-state index contributed by atoms with van der Waals surface area (Å²) >= 11 is 0. The summed E-state index contributed by atoms with van der Waals surface area (Å²) in [6.45, 7) is 0.169. The minimum Gasteiger partial charge on any atom is -0.354 e. The lowest BCUT2D eigenvalue weighted by atomic mass is 9.90. The highest BCUT2D eigenvalue weighted by molar-refractivity contribution is 5.90. The van der Waals surface area contributed by atoms with Gasteiger partial charge in [-0.25, -0.2) is 4.39 Å². The van der Waals surface area contributed by atoms with Crippen molar-refractivity contribution in [2.24, 2.45) is 0 Å². The van der Waals surface area contributed by atoms with E-state index in [4.69, 9.17) is 0 Å². The molecule has 0 aliphatic rings. The Bertz CT molecular complexity index is 906. The van der Waals surface area contributed by atoms with Crippen molar-refractivity contribution in [1.29, 1.82) is 0 Å². The average molecular weight is 390 g/mol. The molecule has 29 heavy (non-hydrogen) atoms. The third-order valence-corrected chi connectivity index (χ3v) is 4.63. The summed E-state index contributed by atoms with van der Waals surface area (Å²) in [5, 5.41) is 5.43. The number of hydrogen-bond acceptors (Lipinski definition) is 2. The summed E-state index contributed by atoms with van der Waals surface area (Å²) in [7, 11) is 0. The second kappa shape index (κ2) is 10.2. The van der Waals surface area contributed by atoms with Gasteiger partial charge in [0.05, 0.1) is 12.5 Å². The Morgan fingerprint density at radius 3 is 1.90 bits per heavy atom. The Balaban J connectivity index is 1.56. The lowest BCUT2D eigenvalue weighted by Crippen LogP contribution is -2.39. The van der Waals surface area contributed by atoms with Crippen LogP contribution >= 0.6 is 0 Å². The fraction of sp³-hybridized carbons (Fsp3) is 0.167. The Kier molecular flexibility index (Phi) is 7.11. The second-order valence-corrected chi connectivity index (χ2v) is 6.66. The van der Waals surface area contributed by atoms with Crippen LogP contribution in [0.15, 0.2) is 84.9 Å². The first kappa shape index (κ1) is 20.3. The SMILES string of the molecule is O=C(CNC(=O)C(c1ccccc1)c1ccccc1)NCCc1ccccc1F. The minimum atomic E-state index is -0.497. The van der Waals surface area contributed by atoms with Crippen LogP contribution in [0.3, 0.4) is 0 Å². The second-order valence-electron chi connectivity index (χ2n) is 6.66. The molecule has 0 saturated heterocycles. The zero-order valence-electron chi connectivity index (χ0n) is 16.0. The molecule has 2 amide bonds. The molecule has 148 valence electrons. The van der Waals surface area contributed by atoms with Gasteiger partial charge in [0.2, 0.25) is 11.8 Å². The van der Waals surface area contributed by atoms with Gasteiger partial charge in [-0.15, -0.1) is 0 Å². The molecule has 3 rings (SSSR count). The van der Waals surface area contributed by atoms with E-state index in [0.717, 1.165) is 11.1 Å². The standard InChI is InChI=1S/C24H23FN2O2/c25-21-14-8-7-9-18(21)15-16-26-22(28)17-27-24(29)23(19-10-3-1-4-11-19)20-12-5-2-6-13-20/h1-14,23H,15-17H2,(H,26,28)(H,27,29). The van der Waals surface area contributed by atoms with E-state index in [0.29, 0.717) is 18.5 Å². The van der Waals surface area contributed by atoms with E-state index in [2.05, 4.69) is 10.6 Å². The summed E-state index contributed by atoms with van der Waals surface area (Å²) in [6.07, 6.45) is 0.392. The molecule has 0 bridgehead atoms. The van der Waals surface area contributed by atoms with Crippen LogP contribution in [0.4, 0.5) is 4.39 Å². The van der Waals surface area contributed by atoms with Crippen molar-refractivity contribution < 1.29 is 14.0 Å². The molecule has 0 atom stereocenters. The van der Waals surface area contributed by atoms with Gasteiger partial charge in [0, 0.05) is 6.54 Å². The first-order valence-corrected chi connectivity index (χ1v) is 9.53. The van der Waals surface area contributed by atoms with Gasteiger partial charge < -0.3 is 10.6 Å². The lowest BCUT2D eigenvalue weighted by molar-refractivity contribution is -0.126. The molecule has 3 aromatic carbocycles. The summed E-state index contributed by atoms with van der Waals surface area (Å²) in [5.74, 6) is -1.34. The topological polar surface area (TPSA) is 58.2 Å². The molecule has 0 radical (unpaired) electrons. The van der Waals surface area contributed by atoms with E-state index in [9.17, 15) is 14.0 Å². The van der Waals surface area contributed by atoms with Gasteiger partial charge >= 0.3 is 0 Å². The van der Waals surface area contributed by atoms with Crippen molar-refractivity contribution in [3.05, 3.63) is 107 Å². The fourth-order valence-electron chi connectivity index (χ4n) is 3.16. The average Bonchev–Trinajstić information content (AvgIpc) is 2.75. The molecular formula is C24H23FN2O2. The molecule has 0 aromatic heterocycles. The third-order valence-electron chi connectivity index (χ3n) is 4.63. The van der Waals surface area contributed by atoms with Gasteiger partial charge in [0.15, 0.2) is 0 Å². The summed E-state index contributed by atoms with van der Waals surface area (Å²) in [5.41, 5.74) is 2.26. The first-order valence-electron chi connectivity index (χ1n) is 9.53. The van der Waals surface area contributed by atoms with E-state index in [1.165, 1.54) is 6.07 Å². The van der Waals surface area contributed by atoms with Crippen LogP contribution in [-0.4, -0.2) is 24.9 Å². The summed E-state index contributed by atoms with van der Waals surface area (Å²) in [4.78, 5) is 24.9. The van der Waals surface area contributed by atoms with Crippen LogP contribution in [-0.2, 0) is 16.0 Å². The van der Waals surface area contributed by atoms with E-state index < -0.39 is 5.92 Å². The minimum absolute atomic E-state index is 0.133. The van der Waals surface area contributed by atoms with Crippen molar-refractivity contribution in [2.45, 2.75) is 12.3 Å². The van der Waals surface area contributed by atoms with Crippen molar-refractivity contribution in [3.63, 3.8) is 0 Å². The van der Waals surface area contributed by atoms with Crippen molar-refractivity contribution in [2.75, 3.05) is 13.1 Å². The van der Waals surface area contributed by atoms with Crippen molar-refractivity contribution in [3.8, 4) is 0 Å². The number of halogens is 1. The zero-order valence-corrected chi connectivity index (χ0v) is 16.0. The molecule has 0 unspecified atom stereocenters. The molecule has 3 aromatic rings. The normalized spacial score (nSPS) is 10.6. The molecule has 5 heteroatoms. The largest absolute Gasteiger partial charge is 0.354 e. The monoisotopic (exact) mass is 390 g/mol. The summed E-state index contributed by atoms with van der Waals surface area (Å²) < 4.78 is 13.6. The van der Waals surface area contributed by atoms with Gasteiger partial charge in [0.1, 0.15) is 5.82 Å². The predicted octanol–water partition coefficient (Wildman–Crippen LogP) is 3.43. The molecule has 2 N–H and O–H groups in total. The maximum Gasteiger partial charge on any atom is 0.239 e. The number of carbonyl (C=O) groups is 2. The van der Waals surface area contributed by atoms with Crippen LogP contribution in [0, 0.1) is 5.82 Å². The molecule has 4 nitrogen and oxygen atoms in total. The molecular weight excluding hydrogens is 367 g/mol. The molecule has 0 aliphatic heterocycles. The van der Waals surface area contributed by atoms with Crippen LogP contribution in [0.1, 0.15) is 22.6 Å². The Morgan fingerprint density at radius 1 is 0.759 bits per heavy atom. The number of rotatable bonds is 8. The highest BCUT2D eigenvalue weighted by Gasteiger charge is 2.22. The Labute approximate surface area is 169 Å². The molecule has 0 aliphatic carbocycles. The molecule has 0 spiro atoms. The molecule has 0 saturated carbocycles. The quantitative estimate of drug-likeness (QED) is 0.619. The third kappa shape index (κ3) is 5.75. The fourth-order valence-corrected chi connectivity index (χ4v) is 3.16. The Hall–Kier alpha value is -3.47. The van der Waals surface area contributed by atoms with Crippen LogP contribution in [0.25, 0.3) is 0 Å². The van der Waals surface area contributed by atoms with Gasteiger partial charge in [-0.1, -0.05) is 78.9 Å². The van der Waals surface area contributed by atoms with E-state index in [1.54, 1.807) is 18.2 Å². The highest BCUT2D eigenvalue weighted by Crippen LogP contribution is 2.24. The first-order chi connectivity index (χ1) is 14.1. The van der Waals surface area contributed by atoms with Crippen LogP contribution in [0.5, 0.6) is 0 Å². The van der Waals surface area contributed by atoms with Gasteiger partial charge in [-0.05, 0) is 29.2 Å². The highest BCUT2D eigenvalue weighted by atomic mass is 19.1. The number of nitrogens with one attached hydrogen (secondary N) is 2. The van der Waals surface area contributed by atoms with Gasteiger partial charge in [-0.2, -0.15) is 0 Å². The zero-order chi connectivity index (χ0) is 20.5. The molecule has 0 fully saturated rings. The van der Waals surface area contributed by atoms with Gasteiger partial charge in [0.25, 0.3) is 0 Å². The van der Waals surface area contributed by atoms with Crippen molar-refractivity contribution in [1.82, 2.24) is 10.6 Å². The van der Waals surface area contributed by atoms with Crippen molar-refractivity contribution >= 4 is 11.8 Å². The number of carbonyl (C=O) groups excluding carboxylic acids is 2. The smallest absolute Gasteiger partial charge is 0.239 e. The molecule has 0 heterocycles. The van der Waals surface area contributed by atoms with E-state index >= 15 is 0 Å². The summed E-state index contributed by atoms with van der Waals surface area (Å²) in [6, 6.07) is 25.4. The maximum absolute atomic E-state index is 13.6. The number of amides is 2.